The van der Waals surface area contributed by atoms with Crippen LogP contribution in [0.25, 0.3) is 0 Å². The standard InChI is InChI=1S/C21H23FN4/c1-15-7-9-17(10-8-15)14-24-20-13-16(2)25-21(26-20)23-12-11-18-5-3-4-6-19(18)22/h3-10,13H,11-12,14H2,1-2H3,(H2,23,24,25,26). The summed E-state index contributed by atoms with van der Waals surface area (Å²) in [5.74, 6) is 1.14. The van der Waals surface area contributed by atoms with E-state index < -0.39 is 0 Å². The minimum Gasteiger partial charge on any atom is -0.366 e. The van der Waals surface area contributed by atoms with Gasteiger partial charge in [-0.15, -0.1) is 0 Å². The van der Waals surface area contributed by atoms with Crippen LogP contribution in [-0.4, -0.2) is 16.5 Å². The van der Waals surface area contributed by atoms with Crippen molar-refractivity contribution in [2.45, 2.75) is 26.8 Å². The van der Waals surface area contributed by atoms with Gasteiger partial charge in [-0.3, -0.25) is 0 Å². The first-order valence-electron chi connectivity index (χ1n) is 8.72. The van der Waals surface area contributed by atoms with E-state index in [1.807, 2.05) is 19.1 Å². The summed E-state index contributed by atoms with van der Waals surface area (Å²) in [6.45, 7) is 5.28. The molecule has 26 heavy (non-hydrogen) atoms. The van der Waals surface area contributed by atoms with Gasteiger partial charge in [0.1, 0.15) is 11.6 Å². The van der Waals surface area contributed by atoms with Crippen molar-refractivity contribution in [3.8, 4) is 0 Å². The first-order valence-corrected chi connectivity index (χ1v) is 8.72. The topological polar surface area (TPSA) is 49.8 Å². The van der Waals surface area contributed by atoms with Gasteiger partial charge in [0.15, 0.2) is 0 Å². The molecule has 0 radical (unpaired) electrons. The summed E-state index contributed by atoms with van der Waals surface area (Å²) in [5.41, 5.74) is 4.00. The minimum atomic E-state index is -0.181. The van der Waals surface area contributed by atoms with E-state index in [1.54, 1.807) is 12.1 Å². The second-order valence-electron chi connectivity index (χ2n) is 6.33. The molecule has 0 amide bonds. The van der Waals surface area contributed by atoms with Crippen LogP contribution in [0.3, 0.4) is 0 Å². The lowest BCUT2D eigenvalue weighted by Crippen LogP contribution is -2.11. The monoisotopic (exact) mass is 350 g/mol. The number of aromatic nitrogens is 2. The van der Waals surface area contributed by atoms with Crippen LogP contribution in [0.4, 0.5) is 16.2 Å². The Morgan fingerprint density at radius 3 is 2.46 bits per heavy atom. The SMILES string of the molecule is Cc1ccc(CNc2cc(C)nc(NCCc3ccccc3F)n2)cc1. The molecule has 0 aliphatic carbocycles. The molecule has 2 N–H and O–H groups in total. The lowest BCUT2D eigenvalue weighted by atomic mass is 10.1. The highest BCUT2D eigenvalue weighted by molar-refractivity contribution is 5.43. The summed E-state index contributed by atoms with van der Waals surface area (Å²) in [4.78, 5) is 8.89. The van der Waals surface area contributed by atoms with Crippen LogP contribution in [0.2, 0.25) is 0 Å². The summed E-state index contributed by atoms with van der Waals surface area (Å²) in [7, 11) is 0. The summed E-state index contributed by atoms with van der Waals surface area (Å²) in [6, 6.07) is 17.1. The molecule has 0 bridgehead atoms. The molecule has 5 heteroatoms. The van der Waals surface area contributed by atoms with E-state index in [-0.39, 0.29) is 5.82 Å². The molecule has 0 aliphatic heterocycles. The predicted octanol–water partition coefficient (Wildman–Crippen LogP) is 4.50. The Hall–Kier alpha value is -2.95. The molecule has 1 heterocycles. The Kier molecular flexibility index (Phi) is 5.79. The maximum absolute atomic E-state index is 13.7. The number of rotatable bonds is 7. The largest absolute Gasteiger partial charge is 0.366 e. The zero-order valence-corrected chi connectivity index (χ0v) is 15.1. The Morgan fingerprint density at radius 1 is 0.923 bits per heavy atom. The molecular formula is C21H23FN4. The van der Waals surface area contributed by atoms with Crippen molar-refractivity contribution in [2.24, 2.45) is 0 Å². The average molecular weight is 350 g/mol. The van der Waals surface area contributed by atoms with Crippen molar-refractivity contribution in [3.63, 3.8) is 0 Å². The van der Waals surface area contributed by atoms with Gasteiger partial charge in [0.2, 0.25) is 5.95 Å². The van der Waals surface area contributed by atoms with Crippen LogP contribution in [-0.2, 0) is 13.0 Å². The molecule has 0 aliphatic rings. The fourth-order valence-electron chi connectivity index (χ4n) is 2.65. The zero-order chi connectivity index (χ0) is 18.4. The van der Waals surface area contributed by atoms with E-state index in [4.69, 9.17) is 0 Å². The summed E-state index contributed by atoms with van der Waals surface area (Å²) in [5, 5.41) is 6.51. The molecule has 4 nitrogen and oxygen atoms in total. The van der Waals surface area contributed by atoms with Crippen molar-refractivity contribution in [3.05, 3.63) is 82.8 Å². The summed E-state index contributed by atoms with van der Waals surface area (Å²) in [6.07, 6.45) is 0.579. The van der Waals surface area contributed by atoms with E-state index in [9.17, 15) is 4.39 Å². The van der Waals surface area contributed by atoms with Gasteiger partial charge in [-0.25, -0.2) is 9.37 Å². The normalized spacial score (nSPS) is 10.6. The number of anilines is 2. The maximum Gasteiger partial charge on any atom is 0.224 e. The maximum atomic E-state index is 13.7. The van der Waals surface area contributed by atoms with Crippen LogP contribution in [0, 0.1) is 19.7 Å². The number of nitrogens with one attached hydrogen (secondary N) is 2. The van der Waals surface area contributed by atoms with E-state index in [0.29, 0.717) is 31.0 Å². The number of nitrogens with zero attached hydrogens (tertiary/aromatic N) is 2. The van der Waals surface area contributed by atoms with Gasteiger partial charge < -0.3 is 10.6 Å². The van der Waals surface area contributed by atoms with Crippen molar-refractivity contribution in [2.75, 3.05) is 17.2 Å². The Morgan fingerprint density at radius 2 is 1.69 bits per heavy atom. The quantitative estimate of drug-likeness (QED) is 0.659. The van der Waals surface area contributed by atoms with Crippen LogP contribution < -0.4 is 10.6 Å². The summed E-state index contributed by atoms with van der Waals surface area (Å²) < 4.78 is 13.7. The van der Waals surface area contributed by atoms with Gasteiger partial charge in [-0.2, -0.15) is 4.98 Å². The van der Waals surface area contributed by atoms with Crippen molar-refractivity contribution >= 4 is 11.8 Å². The predicted molar refractivity (Wildman–Crippen MR) is 104 cm³/mol. The zero-order valence-electron chi connectivity index (χ0n) is 15.1. The Balaban J connectivity index is 1.58. The molecule has 0 saturated heterocycles. The molecule has 0 unspecified atom stereocenters. The molecule has 3 rings (SSSR count). The minimum absolute atomic E-state index is 0.181. The Labute approximate surface area is 153 Å². The van der Waals surface area contributed by atoms with Gasteiger partial charge in [-0.1, -0.05) is 48.0 Å². The first kappa shape index (κ1) is 17.9. The van der Waals surface area contributed by atoms with Crippen molar-refractivity contribution in [1.29, 1.82) is 0 Å². The van der Waals surface area contributed by atoms with Gasteiger partial charge in [-0.05, 0) is 37.5 Å². The lowest BCUT2D eigenvalue weighted by molar-refractivity contribution is 0.610. The van der Waals surface area contributed by atoms with Crippen LogP contribution >= 0.6 is 0 Å². The van der Waals surface area contributed by atoms with Crippen molar-refractivity contribution in [1.82, 2.24) is 9.97 Å². The fourth-order valence-corrected chi connectivity index (χ4v) is 2.65. The van der Waals surface area contributed by atoms with Gasteiger partial charge in [0.05, 0.1) is 0 Å². The lowest BCUT2D eigenvalue weighted by Gasteiger charge is -2.10. The molecule has 1 aromatic heterocycles. The third-order valence-electron chi connectivity index (χ3n) is 4.08. The molecule has 134 valence electrons. The second-order valence-corrected chi connectivity index (χ2v) is 6.33. The third-order valence-corrected chi connectivity index (χ3v) is 4.08. The molecule has 0 saturated carbocycles. The summed E-state index contributed by atoms with van der Waals surface area (Å²) >= 11 is 0. The molecule has 0 fully saturated rings. The molecule has 0 spiro atoms. The number of halogens is 1. The van der Waals surface area contributed by atoms with E-state index in [1.165, 1.54) is 17.2 Å². The van der Waals surface area contributed by atoms with Crippen LogP contribution in [0.5, 0.6) is 0 Å². The van der Waals surface area contributed by atoms with Crippen LogP contribution in [0.1, 0.15) is 22.4 Å². The smallest absolute Gasteiger partial charge is 0.224 e. The number of benzene rings is 2. The van der Waals surface area contributed by atoms with Gasteiger partial charge in [0, 0.05) is 24.8 Å². The fraction of sp³-hybridized carbons (Fsp3) is 0.238. The van der Waals surface area contributed by atoms with Gasteiger partial charge >= 0.3 is 0 Å². The average Bonchev–Trinajstić information content (AvgIpc) is 2.62. The van der Waals surface area contributed by atoms with Crippen LogP contribution in [0.15, 0.2) is 54.6 Å². The molecular weight excluding hydrogens is 327 g/mol. The highest BCUT2D eigenvalue weighted by Crippen LogP contribution is 2.13. The van der Waals surface area contributed by atoms with E-state index in [2.05, 4.69) is 51.8 Å². The Bertz CT molecular complexity index is 862. The highest BCUT2D eigenvalue weighted by atomic mass is 19.1. The molecule has 2 aromatic carbocycles. The molecule has 0 atom stereocenters. The van der Waals surface area contributed by atoms with E-state index >= 15 is 0 Å². The van der Waals surface area contributed by atoms with Crippen molar-refractivity contribution < 1.29 is 4.39 Å². The second kappa shape index (κ2) is 8.43. The molecule has 3 aromatic rings. The first-order chi connectivity index (χ1) is 12.6. The highest BCUT2D eigenvalue weighted by Gasteiger charge is 2.04. The number of hydrogen-bond donors (Lipinski definition) is 2. The van der Waals surface area contributed by atoms with E-state index in [0.717, 1.165) is 11.5 Å². The number of hydrogen-bond acceptors (Lipinski definition) is 4. The number of aryl methyl sites for hydroxylation is 2. The third kappa shape index (κ3) is 5.02. The van der Waals surface area contributed by atoms with Gasteiger partial charge in [0.25, 0.3) is 0 Å².